The van der Waals surface area contributed by atoms with Gasteiger partial charge < -0.3 is 14.6 Å². The van der Waals surface area contributed by atoms with E-state index in [4.69, 9.17) is 9.47 Å². The standard InChI is InChI=1S/C12H18O3/c1-4-9(2)15-12-10(8-13)6-5-7-11(12)14-3/h5-7,9,13H,4,8H2,1-3H3. The highest BCUT2D eigenvalue weighted by Gasteiger charge is 2.12. The smallest absolute Gasteiger partial charge is 0.167 e. The second kappa shape index (κ2) is 5.61. The fraction of sp³-hybridized carbons (Fsp3) is 0.500. The molecule has 0 radical (unpaired) electrons. The van der Waals surface area contributed by atoms with Crippen LogP contribution in [0.15, 0.2) is 18.2 Å². The average molecular weight is 210 g/mol. The van der Waals surface area contributed by atoms with E-state index in [1.807, 2.05) is 25.1 Å². The van der Waals surface area contributed by atoms with Crippen molar-refractivity contribution < 1.29 is 14.6 Å². The second-order valence-corrected chi connectivity index (χ2v) is 3.44. The Morgan fingerprint density at radius 2 is 2.13 bits per heavy atom. The molecular weight excluding hydrogens is 192 g/mol. The minimum atomic E-state index is -0.0387. The van der Waals surface area contributed by atoms with Gasteiger partial charge in [0.05, 0.1) is 19.8 Å². The van der Waals surface area contributed by atoms with E-state index in [0.29, 0.717) is 11.5 Å². The van der Waals surface area contributed by atoms with Gasteiger partial charge in [0.25, 0.3) is 0 Å². The van der Waals surface area contributed by atoms with Gasteiger partial charge in [-0.2, -0.15) is 0 Å². The summed E-state index contributed by atoms with van der Waals surface area (Å²) in [7, 11) is 1.60. The van der Waals surface area contributed by atoms with Gasteiger partial charge >= 0.3 is 0 Å². The zero-order valence-corrected chi connectivity index (χ0v) is 9.49. The molecule has 0 aliphatic carbocycles. The van der Waals surface area contributed by atoms with E-state index in [0.717, 1.165) is 12.0 Å². The number of aliphatic hydroxyl groups excluding tert-OH is 1. The maximum absolute atomic E-state index is 9.19. The van der Waals surface area contributed by atoms with Gasteiger partial charge in [-0.3, -0.25) is 0 Å². The summed E-state index contributed by atoms with van der Waals surface area (Å²) in [6.07, 6.45) is 1.04. The van der Waals surface area contributed by atoms with Crippen LogP contribution in [-0.4, -0.2) is 18.3 Å². The quantitative estimate of drug-likeness (QED) is 0.810. The highest BCUT2D eigenvalue weighted by molar-refractivity contribution is 5.46. The first-order valence-corrected chi connectivity index (χ1v) is 5.16. The lowest BCUT2D eigenvalue weighted by Gasteiger charge is -2.17. The van der Waals surface area contributed by atoms with Gasteiger partial charge in [-0.15, -0.1) is 0 Å². The van der Waals surface area contributed by atoms with E-state index >= 15 is 0 Å². The lowest BCUT2D eigenvalue weighted by molar-refractivity contribution is 0.197. The molecule has 0 bridgehead atoms. The molecule has 0 saturated heterocycles. The molecule has 1 unspecified atom stereocenters. The SMILES string of the molecule is CCC(C)Oc1c(CO)cccc1OC. The maximum Gasteiger partial charge on any atom is 0.167 e. The summed E-state index contributed by atoms with van der Waals surface area (Å²) in [5.74, 6) is 1.32. The zero-order valence-electron chi connectivity index (χ0n) is 9.49. The molecule has 0 aliphatic rings. The highest BCUT2D eigenvalue weighted by atomic mass is 16.5. The van der Waals surface area contributed by atoms with Gasteiger partial charge in [-0.05, 0) is 19.4 Å². The third-order valence-electron chi connectivity index (χ3n) is 2.34. The van der Waals surface area contributed by atoms with E-state index in [2.05, 4.69) is 6.92 Å². The number of hydrogen-bond donors (Lipinski definition) is 1. The lowest BCUT2D eigenvalue weighted by Crippen LogP contribution is -2.12. The largest absolute Gasteiger partial charge is 0.493 e. The molecule has 3 heteroatoms. The summed E-state index contributed by atoms with van der Waals surface area (Å²) in [5.41, 5.74) is 0.759. The molecule has 0 aromatic heterocycles. The molecule has 15 heavy (non-hydrogen) atoms. The Balaban J connectivity index is 2.99. The molecule has 84 valence electrons. The van der Waals surface area contributed by atoms with Gasteiger partial charge in [0, 0.05) is 5.56 Å². The van der Waals surface area contributed by atoms with E-state index in [-0.39, 0.29) is 12.7 Å². The van der Waals surface area contributed by atoms with Gasteiger partial charge in [0.15, 0.2) is 11.5 Å². The molecule has 1 atom stereocenters. The summed E-state index contributed by atoms with van der Waals surface area (Å²) in [6.45, 7) is 4.01. The van der Waals surface area contributed by atoms with Gasteiger partial charge in [0.1, 0.15) is 0 Å². The van der Waals surface area contributed by atoms with Crippen molar-refractivity contribution in [2.75, 3.05) is 7.11 Å². The van der Waals surface area contributed by atoms with Crippen molar-refractivity contribution in [3.05, 3.63) is 23.8 Å². The third-order valence-corrected chi connectivity index (χ3v) is 2.34. The Morgan fingerprint density at radius 1 is 1.40 bits per heavy atom. The van der Waals surface area contributed by atoms with Crippen LogP contribution in [0.2, 0.25) is 0 Å². The van der Waals surface area contributed by atoms with E-state index in [9.17, 15) is 5.11 Å². The predicted octanol–water partition coefficient (Wildman–Crippen LogP) is 2.36. The summed E-state index contributed by atoms with van der Waals surface area (Å²) in [5, 5.41) is 9.19. The Hall–Kier alpha value is -1.22. The molecule has 0 amide bonds. The Labute approximate surface area is 90.6 Å². The van der Waals surface area contributed by atoms with Crippen LogP contribution in [0.4, 0.5) is 0 Å². The van der Waals surface area contributed by atoms with Crippen LogP contribution in [0.5, 0.6) is 11.5 Å². The predicted molar refractivity (Wildman–Crippen MR) is 59.3 cm³/mol. The second-order valence-electron chi connectivity index (χ2n) is 3.44. The minimum absolute atomic E-state index is 0.0387. The average Bonchev–Trinajstić information content (AvgIpc) is 2.29. The summed E-state index contributed by atoms with van der Waals surface area (Å²) < 4.78 is 10.9. The van der Waals surface area contributed by atoms with Crippen LogP contribution in [0, 0.1) is 0 Å². The summed E-state index contributed by atoms with van der Waals surface area (Å²) in [4.78, 5) is 0. The third kappa shape index (κ3) is 2.86. The molecular formula is C12H18O3. The van der Waals surface area contributed by atoms with Crippen LogP contribution >= 0.6 is 0 Å². The molecule has 0 aliphatic heterocycles. The number of para-hydroxylation sites is 1. The van der Waals surface area contributed by atoms with Crippen LogP contribution in [0.1, 0.15) is 25.8 Å². The first kappa shape index (κ1) is 11.9. The summed E-state index contributed by atoms with van der Waals surface area (Å²) >= 11 is 0. The fourth-order valence-electron chi connectivity index (χ4n) is 1.26. The summed E-state index contributed by atoms with van der Waals surface area (Å²) in [6, 6.07) is 5.50. The van der Waals surface area contributed by atoms with Crippen molar-refractivity contribution in [1.29, 1.82) is 0 Å². The van der Waals surface area contributed by atoms with Crippen LogP contribution < -0.4 is 9.47 Å². The normalized spacial score (nSPS) is 12.3. The van der Waals surface area contributed by atoms with Crippen molar-refractivity contribution in [3.8, 4) is 11.5 Å². The number of ether oxygens (including phenoxy) is 2. The molecule has 1 aromatic carbocycles. The van der Waals surface area contributed by atoms with Crippen molar-refractivity contribution in [2.24, 2.45) is 0 Å². The molecule has 1 rings (SSSR count). The molecule has 1 N–H and O–H groups in total. The van der Waals surface area contributed by atoms with E-state index in [1.54, 1.807) is 7.11 Å². The highest BCUT2D eigenvalue weighted by Crippen LogP contribution is 2.32. The Kier molecular flexibility index (Phi) is 4.43. The number of methoxy groups -OCH3 is 1. The maximum atomic E-state index is 9.19. The number of rotatable bonds is 5. The Bertz CT molecular complexity index is 287. The fourth-order valence-corrected chi connectivity index (χ4v) is 1.26. The van der Waals surface area contributed by atoms with Crippen LogP contribution in [0.25, 0.3) is 0 Å². The topological polar surface area (TPSA) is 38.7 Å². The molecule has 0 fully saturated rings. The lowest BCUT2D eigenvalue weighted by atomic mass is 10.2. The minimum Gasteiger partial charge on any atom is -0.493 e. The Morgan fingerprint density at radius 3 is 2.67 bits per heavy atom. The van der Waals surface area contributed by atoms with Crippen molar-refractivity contribution >= 4 is 0 Å². The first-order chi connectivity index (χ1) is 7.22. The molecule has 1 aromatic rings. The number of hydrogen-bond acceptors (Lipinski definition) is 3. The first-order valence-electron chi connectivity index (χ1n) is 5.16. The molecule has 0 spiro atoms. The van der Waals surface area contributed by atoms with Crippen molar-refractivity contribution in [1.82, 2.24) is 0 Å². The molecule has 0 heterocycles. The number of benzene rings is 1. The molecule has 0 saturated carbocycles. The number of aliphatic hydroxyl groups is 1. The van der Waals surface area contributed by atoms with Crippen LogP contribution in [0.3, 0.4) is 0 Å². The van der Waals surface area contributed by atoms with Crippen LogP contribution in [-0.2, 0) is 6.61 Å². The molecule has 3 nitrogen and oxygen atoms in total. The van der Waals surface area contributed by atoms with Gasteiger partial charge in [-0.25, -0.2) is 0 Å². The van der Waals surface area contributed by atoms with Crippen molar-refractivity contribution in [3.63, 3.8) is 0 Å². The van der Waals surface area contributed by atoms with E-state index in [1.165, 1.54) is 0 Å². The zero-order chi connectivity index (χ0) is 11.3. The van der Waals surface area contributed by atoms with E-state index < -0.39 is 0 Å². The monoisotopic (exact) mass is 210 g/mol. The van der Waals surface area contributed by atoms with Crippen molar-refractivity contribution in [2.45, 2.75) is 33.0 Å². The van der Waals surface area contributed by atoms with Gasteiger partial charge in [-0.1, -0.05) is 19.1 Å². The van der Waals surface area contributed by atoms with Gasteiger partial charge in [0.2, 0.25) is 0 Å².